The second-order valence-corrected chi connectivity index (χ2v) is 3.61. The number of allylic oxidation sites excluding steroid dienone is 1. The van der Waals surface area contributed by atoms with Crippen molar-refractivity contribution in [2.75, 3.05) is 7.11 Å². The molecule has 0 spiro atoms. The van der Waals surface area contributed by atoms with Crippen LogP contribution in [0.1, 0.15) is 5.56 Å². The summed E-state index contributed by atoms with van der Waals surface area (Å²) in [5.74, 6) is 1.25. The quantitative estimate of drug-likeness (QED) is 0.752. The van der Waals surface area contributed by atoms with Crippen LogP contribution in [0, 0.1) is 0 Å². The molecule has 0 amide bonds. The van der Waals surface area contributed by atoms with Gasteiger partial charge in [0.2, 0.25) is 5.88 Å². The highest BCUT2D eigenvalue weighted by Crippen LogP contribution is 2.17. The Labute approximate surface area is 101 Å². The van der Waals surface area contributed by atoms with Gasteiger partial charge in [-0.15, -0.1) is 6.58 Å². The van der Waals surface area contributed by atoms with E-state index in [9.17, 15) is 0 Å². The average molecular weight is 226 g/mol. The van der Waals surface area contributed by atoms with Crippen LogP contribution in [-0.2, 0) is 6.42 Å². The van der Waals surface area contributed by atoms with Crippen molar-refractivity contribution in [2.24, 2.45) is 0 Å². The van der Waals surface area contributed by atoms with E-state index in [1.165, 1.54) is 5.56 Å². The number of hydrogen-bond acceptors (Lipinski definition) is 3. The van der Waals surface area contributed by atoms with Gasteiger partial charge in [-0.3, -0.25) is 0 Å². The van der Waals surface area contributed by atoms with Gasteiger partial charge in [-0.2, -0.15) is 4.98 Å². The van der Waals surface area contributed by atoms with E-state index in [1.54, 1.807) is 19.4 Å². The summed E-state index contributed by atoms with van der Waals surface area (Å²) in [5.41, 5.74) is 2.21. The molecule has 0 saturated heterocycles. The van der Waals surface area contributed by atoms with Crippen LogP contribution in [-0.4, -0.2) is 17.1 Å². The lowest BCUT2D eigenvalue weighted by Crippen LogP contribution is -1.92. The SMILES string of the molecule is C=CCc1ccc(-c2nccc(OC)n2)cc1. The zero-order chi connectivity index (χ0) is 12.1. The Morgan fingerprint density at radius 3 is 2.65 bits per heavy atom. The minimum absolute atomic E-state index is 0.574. The van der Waals surface area contributed by atoms with E-state index in [-0.39, 0.29) is 0 Å². The highest BCUT2D eigenvalue weighted by molar-refractivity contribution is 5.55. The van der Waals surface area contributed by atoms with Crippen molar-refractivity contribution in [2.45, 2.75) is 6.42 Å². The molecule has 86 valence electrons. The van der Waals surface area contributed by atoms with Crippen LogP contribution in [0.25, 0.3) is 11.4 Å². The van der Waals surface area contributed by atoms with E-state index >= 15 is 0 Å². The molecule has 0 fully saturated rings. The van der Waals surface area contributed by atoms with Crippen LogP contribution in [0.4, 0.5) is 0 Å². The van der Waals surface area contributed by atoms with Gasteiger partial charge in [-0.05, 0) is 12.0 Å². The molecule has 0 aliphatic heterocycles. The van der Waals surface area contributed by atoms with Gasteiger partial charge in [0.15, 0.2) is 5.82 Å². The van der Waals surface area contributed by atoms with Gasteiger partial charge < -0.3 is 4.74 Å². The number of aromatic nitrogens is 2. The molecule has 2 aromatic rings. The lowest BCUT2D eigenvalue weighted by molar-refractivity contribution is 0.397. The third-order valence-corrected chi connectivity index (χ3v) is 2.43. The standard InChI is InChI=1S/C14H14N2O/c1-3-4-11-5-7-12(8-6-11)14-15-10-9-13(16-14)17-2/h3,5-10H,1,4H2,2H3. The van der Waals surface area contributed by atoms with Crippen LogP contribution in [0.3, 0.4) is 0 Å². The molecule has 0 unspecified atom stereocenters. The Kier molecular flexibility index (Phi) is 3.50. The summed E-state index contributed by atoms with van der Waals surface area (Å²) in [7, 11) is 1.60. The average Bonchev–Trinajstić information content (AvgIpc) is 2.40. The molecule has 1 aromatic carbocycles. The number of rotatable bonds is 4. The molecule has 0 aliphatic rings. The maximum atomic E-state index is 5.07. The Hall–Kier alpha value is -2.16. The monoisotopic (exact) mass is 226 g/mol. The van der Waals surface area contributed by atoms with Crippen LogP contribution in [0.2, 0.25) is 0 Å². The maximum Gasteiger partial charge on any atom is 0.216 e. The summed E-state index contributed by atoms with van der Waals surface area (Å²) in [5, 5.41) is 0. The topological polar surface area (TPSA) is 35.0 Å². The largest absolute Gasteiger partial charge is 0.481 e. The van der Waals surface area contributed by atoms with Crippen molar-refractivity contribution in [3.05, 3.63) is 54.7 Å². The van der Waals surface area contributed by atoms with Crippen molar-refractivity contribution in [3.63, 3.8) is 0 Å². The van der Waals surface area contributed by atoms with E-state index < -0.39 is 0 Å². The molecule has 0 saturated carbocycles. The van der Waals surface area contributed by atoms with Gasteiger partial charge >= 0.3 is 0 Å². The second-order valence-electron chi connectivity index (χ2n) is 3.61. The first-order chi connectivity index (χ1) is 8.33. The van der Waals surface area contributed by atoms with E-state index in [1.807, 2.05) is 18.2 Å². The molecule has 3 heteroatoms. The van der Waals surface area contributed by atoms with Gasteiger partial charge in [-0.25, -0.2) is 4.98 Å². The van der Waals surface area contributed by atoms with Crippen molar-refractivity contribution >= 4 is 0 Å². The smallest absolute Gasteiger partial charge is 0.216 e. The second kappa shape index (κ2) is 5.25. The summed E-state index contributed by atoms with van der Waals surface area (Å²) < 4.78 is 5.07. The molecule has 3 nitrogen and oxygen atoms in total. The highest BCUT2D eigenvalue weighted by atomic mass is 16.5. The molecule has 2 rings (SSSR count). The Morgan fingerprint density at radius 1 is 1.24 bits per heavy atom. The fourth-order valence-electron chi connectivity index (χ4n) is 1.55. The van der Waals surface area contributed by atoms with Crippen LogP contribution >= 0.6 is 0 Å². The van der Waals surface area contributed by atoms with E-state index in [4.69, 9.17) is 4.74 Å². The highest BCUT2D eigenvalue weighted by Gasteiger charge is 2.02. The molecule has 0 bridgehead atoms. The molecule has 17 heavy (non-hydrogen) atoms. The van der Waals surface area contributed by atoms with Crippen LogP contribution in [0.5, 0.6) is 5.88 Å². The molecular weight excluding hydrogens is 212 g/mol. The molecule has 0 radical (unpaired) electrons. The Morgan fingerprint density at radius 2 is 2.00 bits per heavy atom. The lowest BCUT2D eigenvalue weighted by Gasteiger charge is -2.03. The first-order valence-electron chi connectivity index (χ1n) is 5.40. The molecule has 0 N–H and O–H groups in total. The molecule has 0 atom stereocenters. The van der Waals surface area contributed by atoms with Gasteiger partial charge in [0.05, 0.1) is 7.11 Å². The van der Waals surface area contributed by atoms with Gasteiger partial charge in [0.25, 0.3) is 0 Å². The summed E-state index contributed by atoms with van der Waals surface area (Å²) in [6.07, 6.45) is 4.45. The van der Waals surface area contributed by atoms with Crippen LogP contribution < -0.4 is 4.74 Å². The maximum absolute atomic E-state index is 5.07. The molecule has 0 aliphatic carbocycles. The number of methoxy groups -OCH3 is 1. The first-order valence-corrected chi connectivity index (χ1v) is 5.40. The summed E-state index contributed by atoms with van der Waals surface area (Å²) in [4.78, 5) is 8.51. The zero-order valence-electron chi connectivity index (χ0n) is 9.76. The number of nitrogens with zero attached hydrogens (tertiary/aromatic N) is 2. The van der Waals surface area contributed by atoms with Crippen molar-refractivity contribution in [3.8, 4) is 17.3 Å². The van der Waals surface area contributed by atoms with Crippen molar-refractivity contribution in [1.29, 1.82) is 0 Å². The van der Waals surface area contributed by atoms with E-state index in [0.717, 1.165) is 12.0 Å². The fraction of sp³-hybridized carbons (Fsp3) is 0.143. The number of hydrogen-bond donors (Lipinski definition) is 0. The number of benzene rings is 1. The third-order valence-electron chi connectivity index (χ3n) is 2.43. The van der Waals surface area contributed by atoms with Gasteiger partial charge in [0.1, 0.15) is 0 Å². The van der Waals surface area contributed by atoms with Crippen molar-refractivity contribution in [1.82, 2.24) is 9.97 Å². The fourth-order valence-corrected chi connectivity index (χ4v) is 1.55. The zero-order valence-corrected chi connectivity index (χ0v) is 9.76. The summed E-state index contributed by atoms with van der Waals surface area (Å²) >= 11 is 0. The minimum atomic E-state index is 0.574. The minimum Gasteiger partial charge on any atom is -0.481 e. The lowest BCUT2D eigenvalue weighted by atomic mass is 10.1. The Balaban J connectivity index is 2.29. The molecule has 1 aromatic heterocycles. The predicted molar refractivity (Wildman–Crippen MR) is 67.9 cm³/mol. The van der Waals surface area contributed by atoms with Crippen molar-refractivity contribution < 1.29 is 4.74 Å². The van der Waals surface area contributed by atoms with E-state index in [2.05, 4.69) is 28.7 Å². The number of ether oxygens (including phenoxy) is 1. The van der Waals surface area contributed by atoms with E-state index in [0.29, 0.717) is 11.7 Å². The van der Waals surface area contributed by atoms with Crippen LogP contribution in [0.15, 0.2) is 49.2 Å². The van der Waals surface area contributed by atoms with Gasteiger partial charge in [-0.1, -0.05) is 30.3 Å². The van der Waals surface area contributed by atoms with Gasteiger partial charge in [0, 0.05) is 17.8 Å². The summed E-state index contributed by atoms with van der Waals surface area (Å²) in [6.45, 7) is 3.72. The first kappa shape index (κ1) is 11.3. The predicted octanol–water partition coefficient (Wildman–Crippen LogP) is 2.88. The third kappa shape index (κ3) is 2.69. The normalized spacial score (nSPS) is 9.94. The molecule has 1 heterocycles. The Bertz CT molecular complexity index is 506. The summed E-state index contributed by atoms with van der Waals surface area (Å²) in [6, 6.07) is 9.86. The molecular formula is C14H14N2O.